The van der Waals surface area contributed by atoms with E-state index in [4.69, 9.17) is 5.73 Å². The second kappa shape index (κ2) is 18.5. The third-order valence-electron chi connectivity index (χ3n) is 4.06. The summed E-state index contributed by atoms with van der Waals surface area (Å²) in [5.41, 5.74) is 5.21. The van der Waals surface area contributed by atoms with E-state index in [1.807, 2.05) is 6.92 Å². The van der Waals surface area contributed by atoms with Crippen molar-refractivity contribution < 1.29 is 28.8 Å². The number of likely N-dealkylation sites (N-methyl/N-ethyl adjacent to an activating group) is 5. The molecule has 3 N–H and O–H groups in total. The molecule has 0 atom stereocenters. The molecule has 0 unspecified atom stereocenters. The van der Waals surface area contributed by atoms with E-state index >= 15 is 0 Å². The monoisotopic (exact) mass is 715 g/mol. The maximum atomic E-state index is 11.5. The summed E-state index contributed by atoms with van der Waals surface area (Å²) in [6, 6.07) is 0. The molecule has 0 aliphatic heterocycles. The van der Waals surface area contributed by atoms with Crippen LogP contribution in [0.1, 0.15) is 6.92 Å². The fourth-order valence-electron chi connectivity index (χ4n) is 1.89. The molecule has 0 fully saturated rings. The molecule has 0 aromatic carbocycles. The molecule has 13 nitrogen and oxygen atoms in total. The standard InChI is InChI=1S/C10H18N3O3.C9H18N4O3.Fm/c1-5-12(3)10(16)7-13(4)9(15)6-11(2)8-14;1-12(7-14)6-9(16)13(2)5-8(15)11-4-3-10;/h5-7H2,1-4H3;7H,3-6,10H2,1-2H3,(H,11,15);/q-1;;. The Labute approximate surface area is 189 Å². The number of amides is 6. The van der Waals surface area contributed by atoms with Crippen molar-refractivity contribution >= 4 is 36.4 Å². The topological polar surface area (TPSA) is 157 Å². The quantitative estimate of drug-likeness (QED) is 0.114. The molecule has 0 radical (unpaired) electrons. The molecule has 0 rings (SSSR count). The molecule has 6 amide bonds. The zero-order chi connectivity index (χ0) is 25.3. The number of nitrogens with one attached hydrogen (secondary N) is 1. The first-order valence-corrected chi connectivity index (χ1v) is 9.86. The minimum Gasteiger partial charge on any atom is -0.520 e. The molecule has 0 aromatic rings. The normalized spacial score (nSPS) is 9.18. The van der Waals surface area contributed by atoms with Crippen molar-refractivity contribution in [1.82, 2.24) is 29.8 Å². The van der Waals surface area contributed by atoms with Crippen LogP contribution >= 0.6 is 0 Å². The molecule has 0 aromatic heterocycles. The Morgan fingerprint density at radius 3 is 1.79 bits per heavy atom. The van der Waals surface area contributed by atoms with E-state index in [0.29, 0.717) is 26.0 Å². The van der Waals surface area contributed by atoms with Gasteiger partial charge in [-0.15, -0.1) is 0 Å². The third kappa shape index (κ3) is 16.2. The van der Waals surface area contributed by atoms with Crippen molar-refractivity contribution in [3.8, 4) is 0 Å². The van der Waals surface area contributed by atoms with Gasteiger partial charge in [-0.05, 0) is 14.0 Å². The summed E-state index contributed by atoms with van der Waals surface area (Å²) < 4.78 is 0. The number of carbonyl (C=O) groups is 5. The van der Waals surface area contributed by atoms with Crippen molar-refractivity contribution in [2.24, 2.45) is 5.73 Å². The molecule has 0 bridgehead atoms. The first-order chi connectivity index (χ1) is 14.9. The fraction of sp³-hybridized carbons (Fsp3) is 0.684. The van der Waals surface area contributed by atoms with Crippen LogP contribution in [0.5, 0.6) is 0 Å². The maximum absolute atomic E-state index is 11.5. The predicted molar refractivity (Wildman–Crippen MR) is 118 cm³/mol. The van der Waals surface area contributed by atoms with E-state index in [1.54, 1.807) is 13.5 Å². The van der Waals surface area contributed by atoms with Gasteiger partial charge in [0.25, 0.3) is 0 Å². The van der Waals surface area contributed by atoms with Crippen molar-refractivity contribution in [3.05, 3.63) is 0 Å². The number of nitrogens with zero attached hydrogens (tertiary/aromatic N) is 5. The molecule has 33 heavy (non-hydrogen) atoms. The van der Waals surface area contributed by atoms with Crippen molar-refractivity contribution in [3.63, 3.8) is 0 Å². The summed E-state index contributed by atoms with van der Waals surface area (Å²) in [6.45, 7) is 3.08. The Morgan fingerprint density at radius 2 is 1.33 bits per heavy atom. The van der Waals surface area contributed by atoms with Crippen molar-refractivity contribution in [2.45, 2.75) is 6.92 Å². The van der Waals surface area contributed by atoms with E-state index in [1.165, 1.54) is 47.8 Å². The van der Waals surface area contributed by atoms with Gasteiger partial charge >= 0.3 is 0 Å². The molecule has 0 saturated heterocycles. The smallest absolute Gasteiger partial charge is 0.242 e. The zero-order valence-corrected chi connectivity index (χ0v) is 22.5. The number of rotatable bonds is 13. The van der Waals surface area contributed by atoms with Gasteiger partial charge in [-0.25, -0.2) is 0 Å². The van der Waals surface area contributed by atoms with Crippen molar-refractivity contribution in [1.29, 1.82) is 0 Å². The van der Waals surface area contributed by atoms with Crippen LogP contribution in [0, 0.1) is 0 Å². The predicted octanol–water partition coefficient (Wildman–Crippen LogP) is -3.47. The first kappa shape index (κ1) is 33.4. The van der Waals surface area contributed by atoms with E-state index in [9.17, 15) is 28.8 Å². The van der Waals surface area contributed by atoms with Gasteiger partial charge in [-0.1, -0.05) is 0 Å². The maximum Gasteiger partial charge on any atom is 0.242 e. The second-order valence-corrected chi connectivity index (χ2v) is 7.01. The van der Waals surface area contributed by atoms with E-state index < -0.39 is 0 Å². The molecular formula is C19H36FmN7O6-. The summed E-state index contributed by atoms with van der Waals surface area (Å²) in [7, 11) is 7.66. The van der Waals surface area contributed by atoms with Crippen LogP contribution in [0.3, 0.4) is 0 Å². The molecule has 0 heterocycles. The Kier molecular flexibility index (Phi) is 18.8. The molecule has 0 saturated carbocycles. The van der Waals surface area contributed by atoms with Gasteiger partial charge in [-0.2, -0.15) is 6.41 Å². The van der Waals surface area contributed by atoms with Gasteiger partial charge in [0.15, 0.2) is 0 Å². The van der Waals surface area contributed by atoms with Gasteiger partial charge < -0.3 is 40.3 Å². The zero-order valence-electron chi connectivity index (χ0n) is 20.1. The molecule has 0 aliphatic carbocycles. The van der Waals surface area contributed by atoms with Crippen LogP contribution in [0.4, 0.5) is 0 Å². The Morgan fingerprint density at radius 1 is 0.848 bits per heavy atom. The molecular weight excluding hydrogens is 679 g/mol. The summed E-state index contributed by atoms with van der Waals surface area (Å²) in [5.74, 6) is -0.979. The number of nitrogens with two attached hydrogens (primary N) is 1. The molecule has 0 spiro atoms. The third-order valence-corrected chi connectivity index (χ3v) is 4.06. The van der Waals surface area contributed by atoms with E-state index in [2.05, 4.69) is 5.32 Å². The van der Waals surface area contributed by atoms with Crippen LogP contribution in [0.15, 0.2) is 0 Å². The van der Waals surface area contributed by atoms with Crippen LogP contribution in [-0.2, 0) is 28.8 Å². The summed E-state index contributed by atoms with van der Waals surface area (Å²) >= 11 is 0. The summed E-state index contributed by atoms with van der Waals surface area (Å²) in [5, 5.41) is 2.54. The van der Waals surface area contributed by atoms with Crippen LogP contribution in [0.2, 0.25) is 0 Å². The van der Waals surface area contributed by atoms with Gasteiger partial charge in [-0.3, -0.25) is 24.0 Å². The van der Waals surface area contributed by atoms with Crippen molar-refractivity contribution in [2.75, 3.05) is 81.1 Å². The van der Waals surface area contributed by atoms with Crippen LogP contribution in [0.25, 0.3) is 0 Å². The average molecular weight is 716 g/mol. The molecule has 14 heteroatoms. The van der Waals surface area contributed by atoms with Gasteiger partial charge in [0.1, 0.15) is 0 Å². The van der Waals surface area contributed by atoms with Gasteiger partial charge in [0.2, 0.25) is 30.0 Å². The Balaban J connectivity index is -0.000000529. The van der Waals surface area contributed by atoms with Crippen LogP contribution in [-0.4, -0.2) is 142 Å². The van der Waals surface area contributed by atoms with E-state index in [-0.39, 0.29) is 49.8 Å². The first-order valence-electron chi connectivity index (χ1n) is 9.86. The summed E-state index contributed by atoms with van der Waals surface area (Å²) in [4.78, 5) is 72.5. The second-order valence-electron chi connectivity index (χ2n) is 7.01. The van der Waals surface area contributed by atoms with Gasteiger partial charge in [0.05, 0.1) is 26.2 Å². The van der Waals surface area contributed by atoms with Crippen LogP contribution < -0.4 is 11.1 Å². The average Bonchev–Trinajstić information content (AvgIpc) is 2.76. The number of hydrogen-bond donors (Lipinski definition) is 2. The largest absolute Gasteiger partial charge is 0.520 e. The molecule has 0 aliphatic rings. The minimum absolute atomic E-state index is 0. The number of carbonyl (C=O) groups excluding carboxylic acids is 6. The summed E-state index contributed by atoms with van der Waals surface area (Å²) in [6.07, 6.45) is 2.13. The van der Waals surface area contributed by atoms with Gasteiger partial charge in [0, 0.05) is 47.8 Å². The SMILES string of the molecule is CCN(C)C(=O)CN(C)C(=O)CN(C)[C-]=O.CN(C=O)CC(=O)N(C)CC(=O)NCCN.[Fm]. The Hall–Kier alpha value is -4.22. The molecule has 196 valence electrons. The fourth-order valence-corrected chi connectivity index (χ4v) is 1.89. The Bertz CT molecular complexity index is 638. The number of hydrogen-bond acceptors (Lipinski definition) is 7. The van der Waals surface area contributed by atoms with E-state index in [0.717, 1.165) is 4.90 Å². The minimum atomic E-state index is -0.294.